The van der Waals surface area contributed by atoms with Crippen molar-refractivity contribution >= 4 is 22.9 Å². The molecule has 0 aliphatic rings. The largest absolute Gasteiger partial charge is 0.573 e. The minimum atomic E-state index is -4.84. The number of hydrogen-bond donors (Lipinski definition) is 1. The van der Waals surface area contributed by atoms with E-state index in [0.717, 1.165) is 10.9 Å². The minimum absolute atomic E-state index is 0.0353. The second-order valence-electron chi connectivity index (χ2n) is 5.08. The van der Waals surface area contributed by atoms with Crippen LogP contribution in [0.1, 0.15) is 12.3 Å². The Morgan fingerprint density at radius 1 is 1.23 bits per heavy atom. The topological polar surface area (TPSA) is 77.2 Å². The number of thiophene rings is 1. The third-order valence-electron chi connectivity index (χ3n) is 3.16. The lowest BCUT2D eigenvalue weighted by Gasteiger charge is -2.13. The Hall–Kier alpha value is -2.88. The van der Waals surface area contributed by atoms with Crippen molar-refractivity contribution in [1.29, 1.82) is 0 Å². The summed E-state index contributed by atoms with van der Waals surface area (Å²) in [5, 5.41) is 8.08. The normalized spacial score (nSPS) is 11.3. The molecule has 0 aliphatic carbocycles. The van der Waals surface area contributed by atoms with Crippen molar-refractivity contribution < 1.29 is 27.2 Å². The molecule has 0 spiro atoms. The number of alkyl halides is 3. The molecule has 0 bridgehead atoms. The first-order valence-corrected chi connectivity index (χ1v) is 8.30. The standard InChI is InChI=1S/C16H12F3N3O3S/c17-16(18,19)24-11-5-2-1-4-10(11)20-13(23)7-8-14-21-15(22-25-14)12-6-3-9-26-12/h1-6,9H,7-8H2,(H,20,23). The Bertz CT molecular complexity index is 878. The molecule has 3 rings (SSSR count). The van der Waals surface area contributed by atoms with Crippen LogP contribution in [0.4, 0.5) is 18.9 Å². The number of aromatic nitrogens is 2. The lowest BCUT2D eigenvalue weighted by Crippen LogP contribution is -2.19. The Kier molecular flexibility index (Phi) is 5.21. The molecule has 0 aliphatic heterocycles. The fraction of sp³-hybridized carbons (Fsp3) is 0.188. The maximum absolute atomic E-state index is 12.4. The summed E-state index contributed by atoms with van der Waals surface area (Å²) in [5.74, 6) is -0.284. The molecule has 1 aromatic carbocycles. The van der Waals surface area contributed by atoms with Crippen LogP contribution >= 0.6 is 11.3 Å². The number of benzene rings is 1. The number of nitrogens with one attached hydrogen (secondary N) is 1. The van der Waals surface area contributed by atoms with E-state index in [1.165, 1.54) is 29.5 Å². The molecule has 0 radical (unpaired) electrons. The summed E-state index contributed by atoms with van der Waals surface area (Å²) in [7, 11) is 0. The second kappa shape index (κ2) is 7.56. The van der Waals surface area contributed by atoms with E-state index in [9.17, 15) is 18.0 Å². The molecule has 6 nitrogen and oxygen atoms in total. The van der Waals surface area contributed by atoms with Gasteiger partial charge in [0.1, 0.15) is 0 Å². The average molecular weight is 383 g/mol. The monoisotopic (exact) mass is 383 g/mol. The van der Waals surface area contributed by atoms with Crippen LogP contribution in [0.5, 0.6) is 5.75 Å². The number of aryl methyl sites for hydroxylation is 1. The number of para-hydroxylation sites is 2. The number of carbonyl (C=O) groups excluding carboxylic acids is 1. The van der Waals surface area contributed by atoms with Crippen LogP contribution in [0.2, 0.25) is 0 Å². The molecule has 26 heavy (non-hydrogen) atoms. The van der Waals surface area contributed by atoms with Crippen LogP contribution in [0, 0.1) is 0 Å². The fourth-order valence-corrected chi connectivity index (χ4v) is 2.73. The fourth-order valence-electron chi connectivity index (χ4n) is 2.08. The zero-order valence-electron chi connectivity index (χ0n) is 13.1. The summed E-state index contributed by atoms with van der Waals surface area (Å²) in [4.78, 5) is 17.0. The van der Waals surface area contributed by atoms with Gasteiger partial charge in [-0.2, -0.15) is 4.98 Å². The number of hydrogen-bond acceptors (Lipinski definition) is 6. The van der Waals surface area contributed by atoms with Crippen LogP contribution in [-0.2, 0) is 11.2 Å². The number of rotatable bonds is 6. The maximum Gasteiger partial charge on any atom is 0.573 e. The summed E-state index contributed by atoms with van der Waals surface area (Å²) in [6.07, 6.45) is -4.72. The van der Waals surface area contributed by atoms with Crippen LogP contribution in [0.25, 0.3) is 10.7 Å². The SMILES string of the molecule is O=C(CCc1nc(-c2cccs2)no1)Nc1ccccc1OC(F)(F)F. The lowest BCUT2D eigenvalue weighted by atomic mass is 10.2. The van der Waals surface area contributed by atoms with Gasteiger partial charge in [-0.05, 0) is 23.6 Å². The highest BCUT2D eigenvalue weighted by molar-refractivity contribution is 7.13. The number of anilines is 1. The number of carbonyl (C=O) groups is 1. The van der Waals surface area contributed by atoms with Gasteiger partial charge in [-0.15, -0.1) is 24.5 Å². The van der Waals surface area contributed by atoms with Crippen molar-refractivity contribution in [3.8, 4) is 16.5 Å². The highest BCUT2D eigenvalue weighted by atomic mass is 32.1. The van der Waals surface area contributed by atoms with E-state index >= 15 is 0 Å². The van der Waals surface area contributed by atoms with Crippen LogP contribution in [0.15, 0.2) is 46.3 Å². The summed E-state index contributed by atoms with van der Waals surface area (Å²) in [5.41, 5.74) is -0.0698. The Balaban J connectivity index is 1.58. The van der Waals surface area contributed by atoms with E-state index in [1.807, 2.05) is 17.5 Å². The quantitative estimate of drug-likeness (QED) is 0.688. The molecular formula is C16H12F3N3O3S. The molecule has 1 N–H and O–H groups in total. The highest BCUT2D eigenvalue weighted by Gasteiger charge is 2.32. The summed E-state index contributed by atoms with van der Waals surface area (Å²) in [6.45, 7) is 0. The van der Waals surface area contributed by atoms with Gasteiger partial charge in [0.05, 0.1) is 10.6 Å². The zero-order valence-corrected chi connectivity index (χ0v) is 13.9. The van der Waals surface area contributed by atoms with Gasteiger partial charge in [0.25, 0.3) is 0 Å². The minimum Gasteiger partial charge on any atom is -0.404 e. The smallest absolute Gasteiger partial charge is 0.404 e. The molecule has 0 saturated heterocycles. The van der Waals surface area contributed by atoms with Crippen molar-refractivity contribution in [2.45, 2.75) is 19.2 Å². The van der Waals surface area contributed by atoms with Gasteiger partial charge in [0.15, 0.2) is 5.75 Å². The Morgan fingerprint density at radius 3 is 2.77 bits per heavy atom. The van der Waals surface area contributed by atoms with Gasteiger partial charge in [-0.25, -0.2) is 0 Å². The van der Waals surface area contributed by atoms with Gasteiger partial charge in [-0.1, -0.05) is 23.4 Å². The second-order valence-corrected chi connectivity index (χ2v) is 6.03. The molecule has 0 atom stereocenters. The summed E-state index contributed by atoms with van der Waals surface area (Å²) in [6, 6.07) is 8.99. The lowest BCUT2D eigenvalue weighted by molar-refractivity contribution is -0.274. The molecule has 0 fully saturated rings. The van der Waals surface area contributed by atoms with E-state index in [2.05, 4.69) is 20.2 Å². The highest BCUT2D eigenvalue weighted by Crippen LogP contribution is 2.30. The molecule has 2 heterocycles. The molecule has 0 unspecified atom stereocenters. The molecule has 0 saturated carbocycles. The van der Waals surface area contributed by atoms with E-state index in [0.29, 0.717) is 5.82 Å². The first-order chi connectivity index (χ1) is 12.4. The van der Waals surface area contributed by atoms with Crippen molar-refractivity contribution in [3.63, 3.8) is 0 Å². The Morgan fingerprint density at radius 2 is 2.04 bits per heavy atom. The van der Waals surface area contributed by atoms with Crippen molar-refractivity contribution in [2.24, 2.45) is 0 Å². The first-order valence-electron chi connectivity index (χ1n) is 7.42. The molecular weight excluding hydrogens is 371 g/mol. The van der Waals surface area contributed by atoms with Gasteiger partial charge in [0.2, 0.25) is 17.6 Å². The van der Waals surface area contributed by atoms with E-state index in [4.69, 9.17) is 4.52 Å². The van der Waals surface area contributed by atoms with Gasteiger partial charge in [-0.3, -0.25) is 4.79 Å². The number of nitrogens with zero attached hydrogens (tertiary/aromatic N) is 2. The molecule has 10 heteroatoms. The van der Waals surface area contributed by atoms with Crippen LogP contribution in [-0.4, -0.2) is 22.4 Å². The van der Waals surface area contributed by atoms with E-state index in [-0.39, 0.29) is 24.4 Å². The van der Waals surface area contributed by atoms with Crippen LogP contribution < -0.4 is 10.1 Å². The van der Waals surface area contributed by atoms with Crippen molar-refractivity contribution in [1.82, 2.24) is 10.1 Å². The number of halogens is 3. The molecule has 136 valence electrons. The predicted octanol–water partition coefficient (Wildman–Crippen LogP) is 4.27. The zero-order chi connectivity index (χ0) is 18.6. The van der Waals surface area contributed by atoms with E-state index < -0.39 is 18.0 Å². The third-order valence-corrected chi connectivity index (χ3v) is 4.03. The average Bonchev–Trinajstić information content (AvgIpc) is 3.24. The maximum atomic E-state index is 12.4. The predicted molar refractivity (Wildman–Crippen MR) is 87.7 cm³/mol. The van der Waals surface area contributed by atoms with E-state index in [1.54, 1.807) is 0 Å². The Labute approximate surface area is 149 Å². The van der Waals surface area contributed by atoms with Gasteiger partial charge < -0.3 is 14.6 Å². The summed E-state index contributed by atoms with van der Waals surface area (Å²) < 4.78 is 46.1. The van der Waals surface area contributed by atoms with Crippen LogP contribution in [0.3, 0.4) is 0 Å². The number of amides is 1. The first kappa shape index (κ1) is 17.9. The number of ether oxygens (including phenoxy) is 1. The third kappa shape index (κ3) is 4.82. The van der Waals surface area contributed by atoms with Crippen molar-refractivity contribution in [3.05, 3.63) is 47.7 Å². The molecule has 2 aromatic heterocycles. The summed E-state index contributed by atoms with van der Waals surface area (Å²) >= 11 is 1.45. The van der Waals surface area contributed by atoms with Gasteiger partial charge >= 0.3 is 6.36 Å². The van der Waals surface area contributed by atoms with Crippen molar-refractivity contribution in [2.75, 3.05) is 5.32 Å². The van der Waals surface area contributed by atoms with Gasteiger partial charge in [0, 0.05) is 12.8 Å². The molecule has 1 amide bonds. The molecule has 3 aromatic rings.